The fourth-order valence-corrected chi connectivity index (χ4v) is 6.11. The van der Waals surface area contributed by atoms with Crippen LogP contribution in [0, 0.1) is 0 Å². The van der Waals surface area contributed by atoms with E-state index in [1.807, 2.05) is 49.4 Å². The van der Waals surface area contributed by atoms with E-state index in [2.05, 4.69) is 0 Å². The maximum atomic E-state index is 14.2. The Bertz CT molecular complexity index is 1740. The number of amides is 2. The highest BCUT2D eigenvalue weighted by atomic mass is 35.5. The van der Waals surface area contributed by atoms with E-state index in [0.717, 1.165) is 24.0 Å². The molecular formula is C35H35ClN2O7. The molecule has 2 unspecified atom stereocenters. The number of hydrogen-bond acceptors (Lipinski definition) is 7. The van der Waals surface area contributed by atoms with Gasteiger partial charge in [0.1, 0.15) is 5.58 Å². The molecule has 0 saturated carbocycles. The molecule has 3 aromatic carbocycles. The van der Waals surface area contributed by atoms with Crippen molar-refractivity contribution in [3.05, 3.63) is 105 Å². The van der Waals surface area contributed by atoms with Crippen LogP contribution < -0.4 is 14.9 Å². The fraction of sp³-hybridized carbons (Fsp3) is 0.343. The number of benzene rings is 3. The first-order valence-electron chi connectivity index (χ1n) is 15.2. The average Bonchev–Trinajstić information content (AvgIpc) is 3.75. The van der Waals surface area contributed by atoms with Crippen LogP contribution in [-0.4, -0.2) is 54.2 Å². The minimum Gasteiger partial charge on any atom is -0.464 e. The van der Waals surface area contributed by atoms with Gasteiger partial charge in [0.05, 0.1) is 42.3 Å². The Kier molecular flexibility index (Phi) is 9.37. The van der Waals surface area contributed by atoms with Crippen LogP contribution in [-0.2, 0) is 27.4 Å². The van der Waals surface area contributed by atoms with Gasteiger partial charge in [0.2, 0.25) is 18.6 Å². The third-order valence-electron chi connectivity index (χ3n) is 8.32. The van der Waals surface area contributed by atoms with Gasteiger partial charge >= 0.3 is 0 Å². The maximum absolute atomic E-state index is 14.2. The Hall–Kier alpha value is -4.34. The summed E-state index contributed by atoms with van der Waals surface area (Å²) < 4.78 is 22.7. The molecule has 0 N–H and O–H groups in total. The van der Waals surface area contributed by atoms with E-state index in [-0.39, 0.29) is 49.8 Å². The topological polar surface area (TPSA) is 98.5 Å². The van der Waals surface area contributed by atoms with Crippen molar-refractivity contribution in [2.75, 3.05) is 26.5 Å². The number of carbonyl (C=O) groups is 2. The molecule has 234 valence electrons. The summed E-state index contributed by atoms with van der Waals surface area (Å²) in [7, 11) is 0. The lowest BCUT2D eigenvalue weighted by Crippen LogP contribution is -2.47. The van der Waals surface area contributed by atoms with Crippen molar-refractivity contribution in [3.8, 4) is 11.5 Å². The van der Waals surface area contributed by atoms with Gasteiger partial charge in [-0.15, -0.1) is 0 Å². The third-order valence-corrected chi connectivity index (χ3v) is 8.56. The van der Waals surface area contributed by atoms with Crippen molar-refractivity contribution in [3.63, 3.8) is 0 Å². The van der Waals surface area contributed by atoms with Crippen LogP contribution in [0.4, 0.5) is 0 Å². The monoisotopic (exact) mass is 630 g/mol. The van der Waals surface area contributed by atoms with Gasteiger partial charge in [-0.1, -0.05) is 54.9 Å². The Morgan fingerprint density at radius 2 is 1.80 bits per heavy atom. The first-order valence-corrected chi connectivity index (χ1v) is 15.6. The first-order chi connectivity index (χ1) is 21.9. The van der Waals surface area contributed by atoms with Gasteiger partial charge < -0.3 is 28.4 Å². The van der Waals surface area contributed by atoms with E-state index in [1.54, 1.807) is 34.1 Å². The molecule has 3 heterocycles. The van der Waals surface area contributed by atoms with Gasteiger partial charge in [0.15, 0.2) is 16.9 Å². The molecule has 6 rings (SSSR count). The van der Waals surface area contributed by atoms with Crippen LogP contribution in [0.1, 0.15) is 48.8 Å². The zero-order valence-electron chi connectivity index (χ0n) is 25.1. The largest absolute Gasteiger partial charge is 0.464 e. The summed E-state index contributed by atoms with van der Waals surface area (Å²) in [5, 5.41) is 0.742. The minimum absolute atomic E-state index is 0.0318. The molecule has 2 aliphatic heterocycles. The molecule has 1 aromatic heterocycles. The van der Waals surface area contributed by atoms with Crippen LogP contribution in [0.15, 0.2) is 82.2 Å². The van der Waals surface area contributed by atoms with Crippen molar-refractivity contribution >= 4 is 34.4 Å². The lowest BCUT2D eigenvalue weighted by molar-refractivity contribution is -0.143. The smallest absolute Gasteiger partial charge is 0.242 e. The second-order valence-corrected chi connectivity index (χ2v) is 11.8. The van der Waals surface area contributed by atoms with Crippen molar-refractivity contribution in [1.82, 2.24) is 9.80 Å². The summed E-state index contributed by atoms with van der Waals surface area (Å²) in [5.41, 5.74) is 2.12. The van der Waals surface area contributed by atoms with Crippen LogP contribution in [0.2, 0.25) is 5.02 Å². The number of carbonyl (C=O) groups excluding carboxylic acids is 2. The molecule has 2 aliphatic rings. The Morgan fingerprint density at radius 3 is 2.58 bits per heavy atom. The second kappa shape index (κ2) is 13.7. The molecule has 4 aromatic rings. The van der Waals surface area contributed by atoms with E-state index in [4.69, 9.17) is 30.2 Å². The van der Waals surface area contributed by atoms with Gasteiger partial charge in [-0.05, 0) is 60.7 Å². The van der Waals surface area contributed by atoms with Crippen LogP contribution in [0.5, 0.6) is 11.5 Å². The number of rotatable bonds is 11. The lowest BCUT2D eigenvalue weighted by atomic mass is 9.94. The summed E-state index contributed by atoms with van der Waals surface area (Å²) >= 11 is 6.18. The molecule has 0 bridgehead atoms. The summed E-state index contributed by atoms with van der Waals surface area (Å²) in [5.74, 6) is 0.370. The van der Waals surface area contributed by atoms with Gasteiger partial charge in [0.25, 0.3) is 0 Å². The molecule has 0 radical (unpaired) electrons. The highest BCUT2D eigenvalue weighted by Gasteiger charge is 2.31. The predicted octanol–water partition coefficient (Wildman–Crippen LogP) is 5.91. The summed E-state index contributed by atoms with van der Waals surface area (Å²) in [6.45, 7) is 3.01. The zero-order valence-corrected chi connectivity index (χ0v) is 25.8. The fourth-order valence-electron chi connectivity index (χ4n) is 5.94. The predicted molar refractivity (Wildman–Crippen MR) is 169 cm³/mol. The molecule has 0 aliphatic carbocycles. The molecule has 1 saturated heterocycles. The normalized spacial score (nSPS) is 16.1. The van der Waals surface area contributed by atoms with E-state index < -0.39 is 5.92 Å². The van der Waals surface area contributed by atoms with Gasteiger partial charge in [-0.25, -0.2) is 0 Å². The highest BCUT2D eigenvalue weighted by molar-refractivity contribution is 6.31. The quantitative estimate of drug-likeness (QED) is 0.203. The van der Waals surface area contributed by atoms with Gasteiger partial charge in [0, 0.05) is 24.7 Å². The molecule has 2 amide bonds. The lowest BCUT2D eigenvalue weighted by Gasteiger charge is -2.31. The second-order valence-electron chi connectivity index (χ2n) is 11.4. The van der Waals surface area contributed by atoms with E-state index in [1.165, 1.54) is 6.26 Å². The number of ether oxygens (including phenoxy) is 3. The minimum atomic E-state index is -0.403. The molecular weight excluding hydrogens is 596 g/mol. The Morgan fingerprint density at radius 1 is 0.978 bits per heavy atom. The summed E-state index contributed by atoms with van der Waals surface area (Å²) in [6.07, 6.45) is 3.56. The van der Waals surface area contributed by atoms with Gasteiger partial charge in [-0.3, -0.25) is 14.4 Å². The molecule has 1 fully saturated rings. The number of hydrogen-bond donors (Lipinski definition) is 0. The molecule has 2 atom stereocenters. The first kappa shape index (κ1) is 30.7. The zero-order chi connectivity index (χ0) is 31.3. The Labute approximate surface area is 266 Å². The summed E-state index contributed by atoms with van der Waals surface area (Å²) in [6, 6.07) is 20.0. The standard InChI is InChI=1S/C35H35ClN2O7/c1-2-28(24-7-4-3-5-8-24)35(41)38(19-27-9-6-14-42-27)20-33(39)37(17-23-10-12-31-32(15-23)45-22-44-31)18-25-21-43-30-13-11-26(36)16-29(30)34(25)40/h3-5,7-8,10-13,15-16,21,27-28H,2,6,9,14,17-20,22H2,1H3. The SMILES string of the molecule is CCC(C(=O)N(CC(=O)N(Cc1ccc2c(c1)OCO2)Cc1coc2ccc(Cl)cc2c1=O)CC1CCCO1)c1ccccc1. The molecule has 45 heavy (non-hydrogen) atoms. The van der Waals surface area contributed by atoms with Crippen molar-refractivity contribution in [1.29, 1.82) is 0 Å². The molecule has 9 nitrogen and oxygen atoms in total. The highest BCUT2D eigenvalue weighted by Crippen LogP contribution is 2.33. The summed E-state index contributed by atoms with van der Waals surface area (Å²) in [4.78, 5) is 45.0. The van der Waals surface area contributed by atoms with Crippen LogP contribution in [0.25, 0.3) is 11.0 Å². The average molecular weight is 631 g/mol. The van der Waals surface area contributed by atoms with E-state index in [9.17, 15) is 14.4 Å². The van der Waals surface area contributed by atoms with E-state index in [0.29, 0.717) is 52.6 Å². The van der Waals surface area contributed by atoms with E-state index >= 15 is 0 Å². The van der Waals surface area contributed by atoms with Crippen molar-refractivity contribution < 1.29 is 28.2 Å². The van der Waals surface area contributed by atoms with Crippen molar-refractivity contribution in [2.24, 2.45) is 0 Å². The van der Waals surface area contributed by atoms with Crippen LogP contribution >= 0.6 is 11.6 Å². The van der Waals surface area contributed by atoms with Crippen LogP contribution in [0.3, 0.4) is 0 Å². The number of fused-ring (bicyclic) bond motifs is 2. The third kappa shape index (κ3) is 7.00. The number of nitrogens with zero attached hydrogens (tertiary/aromatic N) is 2. The van der Waals surface area contributed by atoms with Gasteiger partial charge in [-0.2, -0.15) is 0 Å². The Balaban J connectivity index is 1.31. The molecule has 0 spiro atoms. The van der Waals surface area contributed by atoms with Crippen molar-refractivity contribution in [2.45, 2.75) is 51.3 Å². The number of halogens is 1. The maximum Gasteiger partial charge on any atom is 0.242 e. The molecule has 10 heteroatoms.